The molecule has 2 aromatic rings. The summed E-state index contributed by atoms with van der Waals surface area (Å²) in [7, 11) is 0. The summed E-state index contributed by atoms with van der Waals surface area (Å²) in [5, 5.41) is 19.3. The van der Waals surface area contributed by atoms with E-state index in [1.807, 2.05) is 6.92 Å². The summed E-state index contributed by atoms with van der Waals surface area (Å²) in [6.07, 6.45) is 0. The minimum atomic E-state index is -1.06. The summed E-state index contributed by atoms with van der Waals surface area (Å²) >= 11 is 0. The SMILES string of the molecule is CCNC(=O)Cn1nnc2c(C(=O)O)cccc21. The second-order valence-corrected chi connectivity index (χ2v) is 3.68. The van der Waals surface area contributed by atoms with Gasteiger partial charge in [0.15, 0.2) is 0 Å². The number of fused-ring (bicyclic) bond motifs is 1. The first-order chi connectivity index (χ1) is 8.63. The van der Waals surface area contributed by atoms with Crippen molar-refractivity contribution in [3.8, 4) is 0 Å². The fraction of sp³-hybridized carbons (Fsp3) is 0.273. The molecule has 0 fully saturated rings. The summed E-state index contributed by atoms with van der Waals surface area (Å²) in [6, 6.07) is 4.74. The van der Waals surface area contributed by atoms with Crippen LogP contribution >= 0.6 is 0 Å². The number of carboxylic acid groups (broad SMARTS) is 1. The standard InChI is InChI=1S/C11H12N4O3/c1-2-12-9(16)6-15-8-5-3-4-7(11(17)18)10(8)13-14-15/h3-5H,2,6H2,1H3,(H,12,16)(H,17,18). The number of amides is 1. The van der Waals surface area contributed by atoms with Crippen molar-refractivity contribution in [2.45, 2.75) is 13.5 Å². The number of carboxylic acids is 1. The molecule has 1 amide bonds. The maximum absolute atomic E-state index is 11.5. The number of carbonyl (C=O) groups is 2. The van der Waals surface area contributed by atoms with Crippen LogP contribution in [0, 0.1) is 0 Å². The highest BCUT2D eigenvalue weighted by Gasteiger charge is 2.14. The Morgan fingerprint density at radius 2 is 2.22 bits per heavy atom. The predicted molar refractivity (Wildman–Crippen MR) is 63.2 cm³/mol. The summed E-state index contributed by atoms with van der Waals surface area (Å²) in [6.45, 7) is 2.37. The molecule has 0 saturated heterocycles. The van der Waals surface area contributed by atoms with E-state index in [2.05, 4.69) is 15.6 Å². The van der Waals surface area contributed by atoms with Crippen LogP contribution in [-0.2, 0) is 11.3 Å². The topological polar surface area (TPSA) is 97.1 Å². The van der Waals surface area contributed by atoms with E-state index in [0.29, 0.717) is 12.1 Å². The Kier molecular flexibility index (Phi) is 3.22. The fourth-order valence-electron chi connectivity index (χ4n) is 1.67. The Hall–Kier alpha value is -2.44. The van der Waals surface area contributed by atoms with Crippen molar-refractivity contribution < 1.29 is 14.7 Å². The molecule has 1 aromatic carbocycles. The summed E-state index contributed by atoms with van der Waals surface area (Å²) in [5.74, 6) is -1.25. The largest absolute Gasteiger partial charge is 0.478 e. The smallest absolute Gasteiger partial charge is 0.338 e. The molecule has 0 radical (unpaired) electrons. The molecular formula is C11H12N4O3. The molecule has 0 unspecified atom stereocenters. The maximum Gasteiger partial charge on any atom is 0.338 e. The minimum absolute atomic E-state index is 0.0212. The molecule has 1 aromatic heterocycles. The number of hydrogen-bond acceptors (Lipinski definition) is 4. The van der Waals surface area contributed by atoms with E-state index < -0.39 is 5.97 Å². The van der Waals surface area contributed by atoms with Crippen LogP contribution in [0.15, 0.2) is 18.2 Å². The Bertz CT molecular complexity index is 605. The van der Waals surface area contributed by atoms with E-state index in [-0.39, 0.29) is 23.5 Å². The molecule has 0 saturated carbocycles. The van der Waals surface area contributed by atoms with Gasteiger partial charge < -0.3 is 10.4 Å². The van der Waals surface area contributed by atoms with Gasteiger partial charge in [-0.3, -0.25) is 4.79 Å². The predicted octanol–water partition coefficient (Wildman–Crippen LogP) is 0.266. The lowest BCUT2D eigenvalue weighted by Gasteiger charge is -2.02. The second kappa shape index (κ2) is 4.82. The number of rotatable bonds is 4. The number of nitrogens with one attached hydrogen (secondary N) is 1. The van der Waals surface area contributed by atoms with E-state index >= 15 is 0 Å². The van der Waals surface area contributed by atoms with Crippen molar-refractivity contribution in [1.82, 2.24) is 20.3 Å². The number of nitrogens with zero attached hydrogens (tertiary/aromatic N) is 3. The van der Waals surface area contributed by atoms with Crippen LogP contribution in [0.1, 0.15) is 17.3 Å². The number of benzene rings is 1. The highest BCUT2D eigenvalue weighted by Crippen LogP contribution is 2.15. The number of carbonyl (C=O) groups excluding carboxylic acids is 1. The zero-order valence-electron chi connectivity index (χ0n) is 9.75. The van der Waals surface area contributed by atoms with Gasteiger partial charge in [0.05, 0.1) is 11.1 Å². The summed E-state index contributed by atoms with van der Waals surface area (Å²) in [4.78, 5) is 22.4. The van der Waals surface area contributed by atoms with Gasteiger partial charge in [-0.25, -0.2) is 9.48 Å². The Balaban J connectivity index is 2.40. The van der Waals surface area contributed by atoms with Gasteiger partial charge in [0.2, 0.25) is 5.91 Å². The van der Waals surface area contributed by atoms with Crippen LogP contribution < -0.4 is 5.32 Å². The second-order valence-electron chi connectivity index (χ2n) is 3.68. The quantitative estimate of drug-likeness (QED) is 0.809. The van der Waals surface area contributed by atoms with Gasteiger partial charge in [0.1, 0.15) is 12.1 Å². The van der Waals surface area contributed by atoms with Gasteiger partial charge >= 0.3 is 5.97 Å². The van der Waals surface area contributed by atoms with Crippen molar-refractivity contribution in [3.05, 3.63) is 23.8 Å². The van der Waals surface area contributed by atoms with Crippen molar-refractivity contribution >= 4 is 22.9 Å². The van der Waals surface area contributed by atoms with Gasteiger partial charge in [0.25, 0.3) is 0 Å². The van der Waals surface area contributed by atoms with Gasteiger partial charge in [0, 0.05) is 6.54 Å². The fourth-order valence-corrected chi connectivity index (χ4v) is 1.67. The first-order valence-electron chi connectivity index (χ1n) is 5.45. The van der Waals surface area contributed by atoms with Crippen molar-refractivity contribution in [3.63, 3.8) is 0 Å². The van der Waals surface area contributed by atoms with Crippen molar-refractivity contribution in [2.24, 2.45) is 0 Å². The molecule has 2 N–H and O–H groups in total. The highest BCUT2D eigenvalue weighted by molar-refractivity contribution is 6.00. The lowest BCUT2D eigenvalue weighted by atomic mass is 10.2. The Labute approximate surface area is 102 Å². The number of hydrogen-bond donors (Lipinski definition) is 2. The lowest BCUT2D eigenvalue weighted by Crippen LogP contribution is -2.27. The molecule has 0 aliphatic rings. The zero-order valence-corrected chi connectivity index (χ0v) is 9.75. The van der Waals surface area contributed by atoms with Gasteiger partial charge in [-0.05, 0) is 19.1 Å². The van der Waals surface area contributed by atoms with Gasteiger partial charge in [-0.1, -0.05) is 11.3 Å². The Morgan fingerprint density at radius 3 is 2.89 bits per heavy atom. The molecular weight excluding hydrogens is 236 g/mol. The van der Waals surface area contributed by atoms with Gasteiger partial charge in [-0.2, -0.15) is 0 Å². The van der Waals surface area contributed by atoms with Crippen LogP contribution in [0.2, 0.25) is 0 Å². The molecule has 18 heavy (non-hydrogen) atoms. The normalized spacial score (nSPS) is 10.5. The molecule has 7 heteroatoms. The third kappa shape index (κ3) is 2.15. The average Bonchev–Trinajstić information content (AvgIpc) is 2.72. The highest BCUT2D eigenvalue weighted by atomic mass is 16.4. The van der Waals surface area contributed by atoms with E-state index in [0.717, 1.165) is 0 Å². The van der Waals surface area contributed by atoms with Crippen LogP contribution in [0.25, 0.3) is 11.0 Å². The van der Waals surface area contributed by atoms with E-state index in [4.69, 9.17) is 5.11 Å². The monoisotopic (exact) mass is 248 g/mol. The number of likely N-dealkylation sites (N-methyl/N-ethyl adjacent to an activating group) is 1. The molecule has 94 valence electrons. The van der Waals surface area contributed by atoms with Crippen LogP contribution in [0.4, 0.5) is 0 Å². The number of aromatic nitrogens is 3. The lowest BCUT2D eigenvalue weighted by molar-refractivity contribution is -0.121. The average molecular weight is 248 g/mol. The maximum atomic E-state index is 11.5. The van der Waals surface area contributed by atoms with Crippen LogP contribution in [-0.4, -0.2) is 38.5 Å². The van der Waals surface area contributed by atoms with Crippen LogP contribution in [0.3, 0.4) is 0 Å². The van der Waals surface area contributed by atoms with Gasteiger partial charge in [-0.15, -0.1) is 5.10 Å². The third-order valence-corrected chi connectivity index (χ3v) is 2.44. The minimum Gasteiger partial charge on any atom is -0.478 e. The van der Waals surface area contributed by atoms with E-state index in [1.54, 1.807) is 12.1 Å². The molecule has 0 bridgehead atoms. The molecule has 1 heterocycles. The van der Waals surface area contributed by atoms with E-state index in [9.17, 15) is 9.59 Å². The number of aromatic carboxylic acids is 1. The van der Waals surface area contributed by atoms with Crippen molar-refractivity contribution in [1.29, 1.82) is 0 Å². The molecule has 0 spiro atoms. The van der Waals surface area contributed by atoms with E-state index in [1.165, 1.54) is 10.7 Å². The zero-order chi connectivity index (χ0) is 13.1. The first kappa shape index (κ1) is 12.0. The molecule has 2 rings (SSSR count). The molecule has 7 nitrogen and oxygen atoms in total. The van der Waals surface area contributed by atoms with Crippen LogP contribution in [0.5, 0.6) is 0 Å². The molecule has 0 aliphatic heterocycles. The van der Waals surface area contributed by atoms with Crippen molar-refractivity contribution in [2.75, 3.05) is 6.54 Å². The third-order valence-electron chi connectivity index (χ3n) is 2.44. The Morgan fingerprint density at radius 1 is 1.44 bits per heavy atom. The first-order valence-corrected chi connectivity index (χ1v) is 5.45. The molecule has 0 atom stereocenters. The summed E-state index contributed by atoms with van der Waals surface area (Å²) in [5.41, 5.74) is 0.894. The summed E-state index contributed by atoms with van der Waals surface area (Å²) < 4.78 is 1.38. The molecule has 0 aliphatic carbocycles.